The van der Waals surface area contributed by atoms with Crippen LogP contribution in [0.3, 0.4) is 0 Å². The highest BCUT2D eigenvalue weighted by Crippen LogP contribution is 2.15. The average molecular weight is 222 g/mol. The van der Waals surface area contributed by atoms with Crippen LogP contribution in [0.1, 0.15) is 13.8 Å². The van der Waals surface area contributed by atoms with Gasteiger partial charge in [-0.15, -0.1) is 0 Å². The fraction of sp³-hybridized carbons (Fsp3) is 0.667. The predicted octanol–water partition coefficient (Wildman–Crippen LogP) is 1.56. The molecule has 0 saturated carbocycles. The molecule has 0 atom stereocenters. The van der Waals surface area contributed by atoms with Crippen molar-refractivity contribution >= 4 is 17.6 Å². The van der Waals surface area contributed by atoms with Crippen molar-refractivity contribution in [3.63, 3.8) is 0 Å². The summed E-state index contributed by atoms with van der Waals surface area (Å²) in [7, 11) is 2.75. The van der Waals surface area contributed by atoms with Gasteiger partial charge in [0.25, 0.3) is 0 Å². The second-order valence-corrected chi connectivity index (χ2v) is 2.87. The highest BCUT2D eigenvalue weighted by atomic mass is 35.5. The molecule has 4 nitrogen and oxygen atoms in total. The Kier molecular flexibility index (Phi) is 6.12. The molecule has 0 fully saturated rings. The monoisotopic (exact) mass is 221 g/mol. The van der Waals surface area contributed by atoms with Crippen LogP contribution in [0.25, 0.3) is 0 Å². The molecule has 0 aromatic rings. The van der Waals surface area contributed by atoms with Crippen LogP contribution in [0, 0.1) is 0 Å². The van der Waals surface area contributed by atoms with Gasteiger partial charge >= 0.3 is 5.97 Å². The van der Waals surface area contributed by atoms with Crippen LogP contribution in [0.5, 0.6) is 0 Å². The molecule has 0 radical (unpaired) electrons. The highest BCUT2D eigenvalue weighted by molar-refractivity contribution is 6.41. The Labute approximate surface area is 89.4 Å². The molecule has 0 aliphatic rings. The Morgan fingerprint density at radius 3 is 2.00 bits per heavy atom. The van der Waals surface area contributed by atoms with Gasteiger partial charge in [-0.3, -0.25) is 0 Å². The Morgan fingerprint density at radius 2 is 1.71 bits per heavy atom. The van der Waals surface area contributed by atoms with Crippen molar-refractivity contribution in [3.8, 4) is 0 Å². The van der Waals surface area contributed by atoms with Gasteiger partial charge in [0.05, 0.1) is 14.2 Å². The van der Waals surface area contributed by atoms with E-state index in [1.54, 1.807) is 0 Å². The number of carbonyl (C=O) groups excluding carboxylic acids is 1. The normalized spacial score (nSPS) is 11.8. The van der Waals surface area contributed by atoms with Gasteiger partial charge in [0.2, 0.25) is 5.88 Å². The summed E-state index contributed by atoms with van der Waals surface area (Å²) < 4.78 is 9.55. The molecule has 0 amide bonds. The Bertz CT molecular complexity index is 224. The second-order valence-electron chi connectivity index (χ2n) is 2.49. The summed E-state index contributed by atoms with van der Waals surface area (Å²) in [4.78, 5) is 13.0. The maximum absolute atomic E-state index is 11.1. The topological polar surface area (TPSA) is 38.8 Å². The lowest BCUT2D eigenvalue weighted by molar-refractivity contribution is -0.135. The van der Waals surface area contributed by atoms with Crippen molar-refractivity contribution < 1.29 is 14.3 Å². The van der Waals surface area contributed by atoms with Crippen molar-refractivity contribution in [2.75, 3.05) is 27.3 Å². The van der Waals surface area contributed by atoms with Gasteiger partial charge in [0.15, 0.2) is 5.03 Å². The fourth-order valence-electron chi connectivity index (χ4n) is 1.05. The zero-order valence-electron chi connectivity index (χ0n) is 8.96. The fourth-order valence-corrected chi connectivity index (χ4v) is 1.32. The first-order valence-corrected chi connectivity index (χ1v) is 4.77. The van der Waals surface area contributed by atoms with Gasteiger partial charge in [-0.2, -0.15) is 0 Å². The minimum Gasteiger partial charge on any atom is -0.481 e. The molecule has 0 heterocycles. The van der Waals surface area contributed by atoms with Crippen LogP contribution in [0.15, 0.2) is 10.9 Å². The van der Waals surface area contributed by atoms with Gasteiger partial charge < -0.3 is 14.4 Å². The van der Waals surface area contributed by atoms with E-state index in [-0.39, 0.29) is 5.03 Å². The summed E-state index contributed by atoms with van der Waals surface area (Å²) in [6.07, 6.45) is 0. The lowest BCUT2D eigenvalue weighted by atomic mass is 10.4. The summed E-state index contributed by atoms with van der Waals surface area (Å²) in [5.41, 5.74) is 0. The van der Waals surface area contributed by atoms with Crippen LogP contribution in [0.2, 0.25) is 0 Å². The predicted molar refractivity (Wildman–Crippen MR) is 54.8 cm³/mol. The minimum absolute atomic E-state index is 0.0290. The lowest BCUT2D eigenvalue weighted by Crippen LogP contribution is -2.25. The van der Waals surface area contributed by atoms with E-state index in [1.165, 1.54) is 14.2 Å². The summed E-state index contributed by atoms with van der Waals surface area (Å²) >= 11 is 5.79. The molecule has 0 spiro atoms. The van der Waals surface area contributed by atoms with Gasteiger partial charge in [0.1, 0.15) is 0 Å². The quantitative estimate of drug-likeness (QED) is 0.401. The molecule has 14 heavy (non-hydrogen) atoms. The zero-order chi connectivity index (χ0) is 11.1. The molecule has 0 rings (SSSR count). The van der Waals surface area contributed by atoms with Gasteiger partial charge in [0, 0.05) is 13.1 Å². The molecule has 0 bridgehead atoms. The van der Waals surface area contributed by atoms with Crippen molar-refractivity contribution in [1.82, 2.24) is 4.90 Å². The van der Waals surface area contributed by atoms with Gasteiger partial charge in [-0.1, -0.05) is 11.6 Å². The van der Waals surface area contributed by atoms with Crippen molar-refractivity contribution in [2.24, 2.45) is 0 Å². The van der Waals surface area contributed by atoms with Crippen molar-refractivity contribution in [3.05, 3.63) is 10.9 Å². The number of ether oxygens (including phenoxy) is 2. The first-order valence-electron chi connectivity index (χ1n) is 4.39. The molecule has 0 aliphatic heterocycles. The van der Waals surface area contributed by atoms with E-state index >= 15 is 0 Å². The molecule has 0 N–H and O–H groups in total. The molecule has 0 aromatic heterocycles. The van der Waals surface area contributed by atoms with Crippen LogP contribution in [-0.2, 0) is 14.3 Å². The first kappa shape index (κ1) is 13.1. The largest absolute Gasteiger partial charge is 0.481 e. The standard InChI is InChI=1S/C9H16ClNO3/c1-5-11(6-2)8(13-3)7(10)9(12)14-4/h5-6H2,1-4H3/b8-7+. The molecule has 5 heteroatoms. The lowest BCUT2D eigenvalue weighted by Gasteiger charge is -2.23. The van der Waals surface area contributed by atoms with E-state index in [0.717, 1.165) is 0 Å². The maximum atomic E-state index is 11.1. The summed E-state index contributed by atoms with van der Waals surface area (Å²) in [5, 5.41) is -0.0290. The zero-order valence-corrected chi connectivity index (χ0v) is 9.72. The Balaban J connectivity index is 4.90. The van der Waals surface area contributed by atoms with Gasteiger partial charge in [-0.05, 0) is 13.8 Å². The summed E-state index contributed by atoms with van der Waals surface area (Å²) in [6, 6.07) is 0. The smallest absolute Gasteiger partial charge is 0.355 e. The van der Waals surface area contributed by atoms with E-state index < -0.39 is 5.97 Å². The third-order valence-corrected chi connectivity index (χ3v) is 2.11. The molecule has 82 valence electrons. The number of hydrogen-bond acceptors (Lipinski definition) is 4. The Hall–Kier alpha value is -0.900. The molecule has 0 saturated heterocycles. The number of methoxy groups -OCH3 is 2. The molecular formula is C9H16ClNO3. The summed E-state index contributed by atoms with van der Waals surface area (Å²) in [6.45, 7) is 5.33. The van der Waals surface area contributed by atoms with E-state index in [2.05, 4.69) is 4.74 Å². The van der Waals surface area contributed by atoms with Crippen LogP contribution >= 0.6 is 11.6 Å². The Morgan fingerprint density at radius 1 is 1.21 bits per heavy atom. The number of halogens is 1. The third kappa shape index (κ3) is 3.10. The number of nitrogens with zero attached hydrogens (tertiary/aromatic N) is 1. The molecule has 0 unspecified atom stereocenters. The van der Waals surface area contributed by atoms with E-state index in [4.69, 9.17) is 16.3 Å². The second kappa shape index (κ2) is 6.54. The SMILES string of the molecule is CCN(CC)/C(OC)=C(\Cl)C(=O)OC. The number of rotatable bonds is 5. The number of hydrogen-bond donors (Lipinski definition) is 0. The summed E-state index contributed by atoms with van der Waals surface area (Å²) in [5.74, 6) is -0.237. The van der Waals surface area contributed by atoms with Gasteiger partial charge in [-0.25, -0.2) is 4.79 Å². The third-order valence-electron chi connectivity index (χ3n) is 1.80. The van der Waals surface area contributed by atoms with Crippen LogP contribution < -0.4 is 0 Å². The number of esters is 1. The van der Waals surface area contributed by atoms with Crippen molar-refractivity contribution in [2.45, 2.75) is 13.8 Å². The maximum Gasteiger partial charge on any atom is 0.355 e. The molecular weight excluding hydrogens is 206 g/mol. The highest BCUT2D eigenvalue weighted by Gasteiger charge is 2.18. The van der Waals surface area contributed by atoms with Crippen LogP contribution in [0.4, 0.5) is 0 Å². The minimum atomic E-state index is -0.588. The van der Waals surface area contributed by atoms with Crippen molar-refractivity contribution in [1.29, 1.82) is 0 Å². The average Bonchev–Trinajstić information content (AvgIpc) is 2.23. The van der Waals surface area contributed by atoms with E-state index in [9.17, 15) is 4.79 Å². The first-order chi connectivity index (χ1) is 6.62. The van der Waals surface area contributed by atoms with Crippen LogP contribution in [-0.4, -0.2) is 38.2 Å². The van der Waals surface area contributed by atoms with E-state index in [0.29, 0.717) is 19.0 Å². The molecule has 0 aromatic carbocycles. The molecule has 0 aliphatic carbocycles. The number of carbonyl (C=O) groups is 1. The van der Waals surface area contributed by atoms with E-state index in [1.807, 2.05) is 18.7 Å².